The van der Waals surface area contributed by atoms with Gasteiger partial charge in [-0.1, -0.05) is 0 Å². The second-order valence-corrected chi connectivity index (χ2v) is 5.00. The van der Waals surface area contributed by atoms with E-state index < -0.39 is 11.7 Å². The number of nitrogens with two attached hydrogens (primary N) is 1. The van der Waals surface area contributed by atoms with Crippen LogP contribution in [0.5, 0.6) is 0 Å². The molecule has 1 aromatic carbocycles. The molecule has 0 fully saturated rings. The molecule has 0 atom stereocenters. The van der Waals surface area contributed by atoms with E-state index in [0.29, 0.717) is 17.3 Å². The number of aryl methyl sites for hydroxylation is 1. The molecular weight excluding hydrogens is 309 g/mol. The molecule has 0 unspecified atom stereocenters. The Morgan fingerprint density at radius 2 is 1.87 bits per heavy atom. The lowest BCUT2D eigenvalue weighted by Gasteiger charge is -2.10. The largest absolute Gasteiger partial charge is 0.416 e. The summed E-state index contributed by atoms with van der Waals surface area (Å²) in [5.74, 6) is 0.990. The molecule has 0 amide bonds. The predicted octanol–water partition coefficient (Wildman–Crippen LogP) is 2.42. The van der Waals surface area contributed by atoms with E-state index in [1.165, 1.54) is 23.1 Å². The van der Waals surface area contributed by atoms with Gasteiger partial charge in [0.25, 0.3) is 0 Å². The van der Waals surface area contributed by atoms with Crippen LogP contribution in [-0.2, 0) is 12.7 Å². The van der Waals surface area contributed by atoms with Crippen LogP contribution in [0.4, 0.5) is 19.0 Å². The van der Waals surface area contributed by atoms with Gasteiger partial charge in [-0.05, 0) is 31.2 Å². The summed E-state index contributed by atoms with van der Waals surface area (Å²) in [6, 6.07) is 6.43. The fourth-order valence-electron chi connectivity index (χ4n) is 2.21. The van der Waals surface area contributed by atoms with Crippen molar-refractivity contribution in [2.24, 2.45) is 0 Å². The topological polar surface area (TPSA) is 74.6 Å². The van der Waals surface area contributed by atoms with Crippen molar-refractivity contribution in [1.29, 1.82) is 0 Å². The summed E-state index contributed by atoms with van der Waals surface area (Å²) in [7, 11) is 0. The van der Waals surface area contributed by atoms with Crippen molar-refractivity contribution in [2.75, 3.05) is 5.73 Å². The van der Waals surface area contributed by atoms with E-state index in [0.717, 1.165) is 17.8 Å². The molecule has 23 heavy (non-hydrogen) atoms. The zero-order valence-corrected chi connectivity index (χ0v) is 12.1. The zero-order valence-electron chi connectivity index (χ0n) is 12.1. The smallest absolute Gasteiger partial charge is 0.384 e. The van der Waals surface area contributed by atoms with E-state index in [1.54, 1.807) is 10.7 Å². The SMILES string of the molecule is Cc1cc(N)n(Cc2ncnn2-c2ccc(C(F)(F)F)cc2)n1. The number of aromatic nitrogens is 5. The van der Waals surface area contributed by atoms with Crippen molar-refractivity contribution in [3.8, 4) is 5.69 Å². The van der Waals surface area contributed by atoms with Gasteiger partial charge in [-0.2, -0.15) is 23.4 Å². The van der Waals surface area contributed by atoms with Gasteiger partial charge in [-0.25, -0.2) is 14.3 Å². The Labute approximate surface area is 129 Å². The van der Waals surface area contributed by atoms with Gasteiger partial charge in [-0.3, -0.25) is 0 Å². The van der Waals surface area contributed by atoms with Crippen molar-refractivity contribution >= 4 is 5.82 Å². The Hall–Kier alpha value is -2.84. The Morgan fingerprint density at radius 1 is 1.17 bits per heavy atom. The highest BCUT2D eigenvalue weighted by molar-refractivity contribution is 5.36. The van der Waals surface area contributed by atoms with E-state index in [9.17, 15) is 13.2 Å². The molecule has 0 bridgehead atoms. The molecule has 0 aliphatic rings. The fourth-order valence-corrected chi connectivity index (χ4v) is 2.21. The minimum Gasteiger partial charge on any atom is -0.384 e. The van der Waals surface area contributed by atoms with Crippen LogP contribution in [0.3, 0.4) is 0 Å². The van der Waals surface area contributed by atoms with Crippen molar-refractivity contribution in [3.05, 3.63) is 53.7 Å². The summed E-state index contributed by atoms with van der Waals surface area (Å²) in [6.45, 7) is 2.08. The highest BCUT2D eigenvalue weighted by Crippen LogP contribution is 2.29. The average molecular weight is 322 g/mol. The molecule has 0 saturated heterocycles. The van der Waals surface area contributed by atoms with Gasteiger partial charge in [0.05, 0.1) is 16.9 Å². The Balaban J connectivity index is 1.90. The Kier molecular flexibility index (Phi) is 3.55. The lowest BCUT2D eigenvalue weighted by atomic mass is 10.2. The molecule has 3 rings (SSSR count). The van der Waals surface area contributed by atoms with Crippen molar-refractivity contribution in [3.63, 3.8) is 0 Å². The van der Waals surface area contributed by atoms with Gasteiger partial charge in [-0.15, -0.1) is 0 Å². The standard InChI is InChI=1S/C14H13F3N6/c1-9-6-12(18)22(21-9)7-13-19-8-20-23(13)11-4-2-10(3-5-11)14(15,16)17/h2-6,8H,7,18H2,1H3. The van der Waals surface area contributed by atoms with Crippen molar-refractivity contribution < 1.29 is 13.2 Å². The minimum atomic E-state index is -4.37. The lowest BCUT2D eigenvalue weighted by molar-refractivity contribution is -0.137. The number of rotatable bonds is 3. The second kappa shape index (κ2) is 5.41. The van der Waals surface area contributed by atoms with Gasteiger partial charge in [0.15, 0.2) is 5.82 Å². The predicted molar refractivity (Wildman–Crippen MR) is 76.8 cm³/mol. The first kappa shape index (κ1) is 15.1. The Bertz CT molecular complexity index is 816. The maximum atomic E-state index is 12.6. The van der Waals surface area contributed by atoms with Crippen LogP contribution in [0.2, 0.25) is 0 Å². The zero-order chi connectivity index (χ0) is 16.6. The number of nitrogens with zero attached hydrogens (tertiary/aromatic N) is 5. The first-order valence-electron chi connectivity index (χ1n) is 6.71. The molecule has 6 nitrogen and oxygen atoms in total. The van der Waals surface area contributed by atoms with Gasteiger partial charge >= 0.3 is 6.18 Å². The van der Waals surface area contributed by atoms with Gasteiger partial charge < -0.3 is 5.73 Å². The molecule has 0 aliphatic carbocycles. The molecule has 9 heteroatoms. The first-order chi connectivity index (χ1) is 10.8. The molecule has 0 radical (unpaired) electrons. The average Bonchev–Trinajstić information content (AvgIpc) is 3.05. The third-order valence-electron chi connectivity index (χ3n) is 3.28. The fraction of sp³-hybridized carbons (Fsp3) is 0.214. The molecule has 2 heterocycles. The summed E-state index contributed by atoms with van der Waals surface area (Å²) >= 11 is 0. The van der Waals surface area contributed by atoms with E-state index in [2.05, 4.69) is 15.2 Å². The number of hydrogen-bond donors (Lipinski definition) is 1. The van der Waals surface area contributed by atoms with Crippen LogP contribution >= 0.6 is 0 Å². The van der Waals surface area contributed by atoms with Crippen LogP contribution in [0, 0.1) is 6.92 Å². The minimum absolute atomic E-state index is 0.265. The highest BCUT2D eigenvalue weighted by atomic mass is 19.4. The third kappa shape index (κ3) is 3.03. The van der Waals surface area contributed by atoms with Crippen LogP contribution in [-0.4, -0.2) is 24.5 Å². The highest BCUT2D eigenvalue weighted by Gasteiger charge is 2.30. The molecule has 2 aromatic heterocycles. The number of anilines is 1. The van der Waals surface area contributed by atoms with E-state index in [1.807, 2.05) is 6.92 Å². The number of hydrogen-bond acceptors (Lipinski definition) is 4. The maximum absolute atomic E-state index is 12.6. The van der Waals surface area contributed by atoms with Crippen LogP contribution in [0.15, 0.2) is 36.7 Å². The summed E-state index contributed by atoms with van der Waals surface area (Å²) in [6.07, 6.45) is -3.04. The Morgan fingerprint density at radius 3 is 2.43 bits per heavy atom. The molecule has 0 aliphatic heterocycles. The molecule has 2 N–H and O–H groups in total. The number of halogens is 3. The normalized spacial score (nSPS) is 11.8. The van der Waals surface area contributed by atoms with E-state index >= 15 is 0 Å². The molecule has 0 spiro atoms. The number of nitrogen functional groups attached to an aromatic ring is 1. The molecule has 0 saturated carbocycles. The second-order valence-electron chi connectivity index (χ2n) is 5.00. The van der Waals surface area contributed by atoms with Crippen molar-refractivity contribution in [2.45, 2.75) is 19.6 Å². The third-order valence-corrected chi connectivity index (χ3v) is 3.28. The van der Waals surface area contributed by atoms with Gasteiger partial charge in [0, 0.05) is 6.07 Å². The number of benzene rings is 1. The van der Waals surface area contributed by atoms with Crippen LogP contribution in [0.25, 0.3) is 5.69 Å². The lowest BCUT2D eigenvalue weighted by Crippen LogP contribution is -2.12. The van der Waals surface area contributed by atoms with Gasteiger partial charge in [0.2, 0.25) is 0 Å². The number of alkyl halides is 3. The monoisotopic (exact) mass is 322 g/mol. The molecule has 3 aromatic rings. The van der Waals surface area contributed by atoms with E-state index in [4.69, 9.17) is 5.73 Å². The van der Waals surface area contributed by atoms with Crippen molar-refractivity contribution in [1.82, 2.24) is 24.5 Å². The molecule has 120 valence electrons. The maximum Gasteiger partial charge on any atom is 0.416 e. The first-order valence-corrected chi connectivity index (χ1v) is 6.71. The van der Waals surface area contributed by atoms with E-state index in [-0.39, 0.29) is 6.54 Å². The summed E-state index contributed by atoms with van der Waals surface area (Å²) in [5.41, 5.74) is 6.37. The van der Waals surface area contributed by atoms with Crippen LogP contribution in [0.1, 0.15) is 17.1 Å². The summed E-state index contributed by atoms with van der Waals surface area (Å²) in [5, 5.41) is 8.28. The molecular formula is C14H13F3N6. The summed E-state index contributed by atoms with van der Waals surface area (Å²) in [4.78, 5) is 4.12. The van der Waals surface area contributed by atoms with Crippen LogP contribution < -0.4 is 5.73 Å². The summed E-state index contributed by atoms with van der Waals surface area (Å²) < 4.78 is 40.9. The quantitative estimate of drug-likeness (QED) is 0.803. The van der Waals surface area contributed by atoms with Gasteiger partial charge in [0.1, 0.15) is 18.7 Å².